The molecular weight excluding hydrogens is 366 g/mol. The van der Waals surface area contributed by atoms with Crippen LogP contribution in [0.5, 0.6) is 5.75 Å². The lowest BCUT2D eigenvalue weighted by atomic mass is 9.72. The predicted octanol–water partition coefficient (Wildman–Crippen LogP) is 3.56. The summed E-state index contributed by atoms with van der Waals surface area (Å²) < 4.78 is 7.53. The summed E-state index contributed by atoms with van der Waals surface area (Å²) in [6.45, 7) is 11.8. The van der Waals surface area contributed by atoms with Crippen LogP contribution in [0.3, 0.4) is 0 Å². The predicted molar refractivity (Wildman–Crippen MR) is 115 cm³/mol. The number of nitrogen functional groups attached to an aromatic ring is 1. The van der Waals surface area contributed by atoms with Gasteiger partial charge in [-0.3, -0.25) is 0 Å². The van der Waals surface area contributed by atoms with Gasteiger partial charge >= 0.3 is 0 Å². The molecule has 0 saturated heterocycles. The molecular formula is C22H31N5O2. The molecule has 0 spiro atoms. The van der Waals surface area contributed by atoms with E-state index in [2.05, 4.69) is 61.7 Å². The fourth-order valence-corrected chi connectivity index (χ4v) is 3.93. The van der Waals surface area contributed by atoms with E-state index in [9.17, 15) is 5.11 Å². The number of benzene rings is 1. The highest BCUT2D eigenvalue weighted by atomic mass is 16.5. The van der Waals surface area contributed by atoms with Crippen LogP contribution < -0.4 is 10.5 Å². The molecule has 0 radical (unpaired) electrons. The first-order valence-corrected chi connectivity index (χ1v) is 9.88. The number of hydrogen-bond acceptors (Lipinski definition) is 6. The highest BCUT2D eigenvalue weighted by molar-refractivity contribution is 5.81. The largest absolute Gasteiger partial charge is 0.491 e. The van der Waals surface area contributed by atoms with E-state index in [1.54, 1.807) is 10.9 Å². The molecule has 0 aliphatic rings. The summed E-state index contributed by atoms with van der Waals surface area (Å²) in [6.07, 6.45) is 3.37. The Bertz CT molecular complexity index is 957. The van der Waals surface area contributed by atoms with Crippen molar-refractivity contribution in [1.29, 1.82) is 0 Å². The van der Waals surface area contributed by atoms with E-state index < -0.39 is 6.10 Å². The van der Waals surface area contributed by atoms with Gasteiger partial charge in [0.15, 0.2) is 11.5 Å². The Hall–Kier alpha value is -2.67. The zero-order valence-corrected chi connectivity index (χ0v) is 17.9. The number of aliphatic hydroxyl groups is 1. The smallest absolute Gasteiger partial charge is 0.165 e. The van der Waals surface area contributed by atoms with Crippen LogP contribution in [0.2, 0.25) is 0 Å². The number of aromatic nitrogens is 4. The third-order valence-corrected chi connectivity index (χ3v) is 4.89. The van der Waals surface area contributed by atoms with Gasteiger partial charge in [0, 0.05) is 0 Å². The second-order valence-corrected chi connectivity index (χ2v) is 9.44. The van der Waals surface area contributed by atoms with E-state index in [0.29, 0.717) is 23.5 Å². The Balaban J connectivity index is 1.59. The third kappa shape index (κ3) is 5.23. The quantitative estimate of drug-likeness (QED) is 0.632. The SMILES string of the molecule is CC(C)(C)CC(C)(C)c1ccc(OC[C@H](O)Cn2cnc3c(N)ncnc32)cc1. The van der Waals surface area contributed by atoms with Crippen LogP contribution in [0, 0.1) is 5.41 Å². The van der Waals surface area contributed by atoms with Crippen molar-refractivity contribution < 1.29 is 9.84 Å². The zero-order valence-electron chi connectivity index (χ0n) is 17.9. The van der Waals surface area contributed by atoms with E-state index in [-0.39, 0.29) is 17.4 Å². The number of aliphatic hydroxyl groups excluding tert-OH is 1. The standard InChI is InChI=1S/C22H31N5O2/c1-21(2,3)12-22(4,5)15-6-8-17(9-7-15)29-11-16(28)10-27-14-26-18-19(23)24-13-25-20(18)27/h6-9,13-14,16,28H,10-12H2,1-5H3,(H2,23,24,25)/t16-/m1/s1. The van der Waals surface area contributed by atoms with E-state index in [0.717, 1.165) is 12.2 Å². The van der Waals surface area contributed by atoms with Crippen LogP contribution >= 0.6 is 0 Å². The molecule has 1 aromatic carbocycles. The number of rotatable bonds is 7. The molecule has 0 fully saturated rings. The average molecular weight is 398 g/mol. The maximum atomic E-state index is 10.4. The summed E-state index contributed by atoms with van der Waals surface area (Å²) in [5, 5.41) is 10.4. The minimum atomic E-state index is -0.708. The molecule has 3 N–H and O–H groups in total. The fourth-order valence-electron chi connectivity index (χ4n) is 3.93. The lowest BCUT2D eigenvalue weighted by Crippen LogP contribution is -2.25. The van der Waals surface area contributed by atoms with Gasteiger partial charge < -0.3 is 20.1 Å². The summed E-state index contributed by atoms with van der Waals surface area (Å²) in [5.41, 5.74) is 8.56. The number of fused-ring (bicyclic) bond motifs is 1. The molecule has 0 aliphatic heterocycles. The van der Waals surface area contributed by atoms with Crippen LogP contribution in [0.4, 0.5) is 5.82 Å². The number of nitrogens with zero attached hydrogens (tertiary/aromatic N) is 4. The van der Waals surface area contributed by atoms with E-state index in [4.69, 9.17) is 10.5 Å². The van der Waals surface area contributed by atoms with Crippen LogP contribution in [0.25, 0.3) is 11.2 Å². The summed E-state index contributed by atoms with van der Waals surface area (Å²) in [7, 11) is 0. The van der Waals surface area contributed by atoms with Crippen molar-refractivity contribution >= 4 is 17.0 Å². The Labute approximate surface area is 172 Å². The molecule has 7 heteroatoms. The third-order valence-electron chi connectivity index (χ3n) is 4.89. The summed E-state index contributed by atoms with van der Waals surface area (Å²) in [5.74, 6) is 1.07. The van der Waals surface area contributed by atoms with Gasteiger partial charge in [0.2, 0.25) is 0 Å². The Morgan fingerprint density at radius 3 is 2.41 bits per heavy atom. The molecule has 2 heterocycles. The zero-order chi connectivity index (χ0) is 21.2. The van der Waals surface area contributed by atoms with Gasteiger partial charge in [-0.05, 0) is 34.9 Å². The van der Waals surface area contributed by atoms with Crippen LogP contribution in [-0.4, -0.2) is 37.3 Å². The molecule has 0 bridgehead atoms. The molecule has 156 valence electrons. The van der Waals surface area contributed by atoms with Crippen LogP contribution in [0.15, 0.2) is 36.9 Å². The van der Waals surface area contributed by atoms with Crippen molar-refractivity contribution in [3.8, 4) is 5.75 Å². The van der Waals surface area contributed by atoms with Crippen molar-refractivity contribution in [1.82, 2.24) is 19.5 Å². The summed E-state index contributed by atoms with van der Waals surface area (Å²) in [6, 6.07) is 8.15. The van der Waals surface area contributed by atoms with Crippen molar-refractivity contribution in [3.05, 3.63) is 42.5 Å². The topological polar surface area (TPSA) is 99.1 Å². The second kappa shape index (κ2) is 7.99. The summed E-state index contributed by atoms with van der Waals surface area (Å²) >= 11 is 0. The van der Waals surface area contributed by atoms with Gasteiger partial charge in [-0.25, -0.2) is 15.0 Å². The van der Waals surface area contributed by atoms with E-state index >= 15 is 0 Å². The number of anilines is 1. The minimum absolute atomic E-state index is 0.0858. The fraction of sp³-hybridized carbons (Fsp3) is 0.500. The van der Waals surface area contributed by atoms with E-state index in [1.165, 1.54) is 11.9 Å². The number of hydrogen-bond donors (Lipinski definition) is 2. The number of imidazole rings is 1. The Morgan fingerprint density at radius 1 is 1.07 bits per heavy atom. The van der Waals surface area contributed by atoms with Gasteiger partial charge in [-0.1, -0.05) is 46.8 Å². The minimum Gasteiger partial charge on any atom is -0.491 e. The summed E-state index contributed by atoms with van der Waals surface area (Å²) in [4.78, 5) is 12.3. The van der Waals surface area contributed by atoms with Crippen LogP contribution in [0.1, 0.15) is 46.6 Å². The maximum Gasteiger partial charge on any atom is 0.165 e. The lowest BCUT2D eigenvalue weighted by Gasteiger charge is -2.33. The van der Waals surface area contributed by atoms with Gasteiger partial charge in [-0.15, -0.1) is 0 Å². The van der Waals surface area contributed by atoms with Gasteiger partial charge in [0.1, 0.15) is 30.3 Å². The highest BCUT2D eigenvalue weighted by Gasteiger charge is 2.27. The van der Waals surface area contributed by atoms with Crippen LogP contribution in [-0.2, 0) is 12.0 Å². The first-order chi connectivity index (χ1) is 13.5. The monoisotopic (exact) mass is 397 g/mol. The molecule has 3 rings (SSSR count). The molecule has 0 saturated carbocycles. The van der Waals surface area contributed by atoms with Crippen molar-refractivity contribution in [3.63, 3.8) is 0 Å². The molecule has 0 amide bonds. The average Bonchev–Trinajstić information content (AvgIpc) is 3.03. The molecule has 0 aliphatic carbocycles. The first kappa shape index (κ1) is 21.0. The molecule has 29 heavy (non-hydrogen) atoms. The molecule has 3 aromatic rings. The normalized spacial score (nSPS) is 13.6. The van der Waals surface area contributed by atoms with Gasteiger partial charge in [-0.2, -0.15) is 0 Å². The van der Waals surface area contributed by atoms with E-state index in [1.807, 2.05) is 12.1 Å². The molecule has 2 aromatic heterocycles. The number of nitrogens with two attached hydrogens (primary N) is 1. The van der Waals surface area contributed by atoms with Crippen molar-refractivity contribution in [2.24, 2.45) is 5.41 Å². The first-order valence-electron chi connectivity index (χ1n) is 9.88. The molecule has 0 unspecified atom stereocenters. The van der Waals surface area contributed by atoms with Crippen molar-refractivity contribution in [2.75, 3.05) is 12.3 Å². The van der Waals surface area contributed by atoms with Crippen molar-refractivity contribution in [2.45, 2.75) is 59.1 Å². The maximum absolute atomic E-state index is 10.4. The lowest BCUT2D eigenvalue weighted by molar-refractivity contribution is 0.0932. The van der Waals surface area contributed by atoms with Gasteiger partial charge in [0.05, 0.1) is 12.9 Å². The Kier molecular flexibility index (Phi) is 5.80. The number of ether oxygens (including phenoxy) is 1. The Morgan fingerprint density at radius 2 is 1.76 bits per heavy atom. The second-order valence-electron chi connectivity index (χ2n) is 9.44. The van der Waals surface area contributed by atoms with Gasteiger partial charge in [0.25, 0.3) is 0 Å². The molecule has 1 atom stereocenters. The highest BCUT2D eigenvalue weighted by Crippen LogP contribution is 2.36. The molecule has 7 nitrogen and oxygen atoms in total.